The summed E-state index contributed by atoms with van der Waals surface area (Å²) in [4.78, 5) is 10.6. The molecule has 1 aromatic rings. The van der Waals surface area contributed by atoms with E-state index >= 15 is 0 Å². The van der Waals surface area contributed by atoms with E-state index < -0.39 is 24.9 Å². The highest BCUT2D eigenvalue weighted by Gasteiger charge is 2.46. The van der Waals surface area contributed by atoms with Crippen LogP contribution >= 0.6 is 0 Å². The molecule has 1 aromatic carbocycles. The van der Waals surface area contributed by atoms with Gasteiger partial charge in [0.1, 0.15) is 18.0 Å². The second-order valence-electron chi connectivity index (χ2n) is 5.42. The summed E-state index contributed by atoms with van der Waals surface area (Å²) in [6.45, 7) is 1.89. The number of rotatable bonds is 3. The molecule has 2 unspecified atom stereocenters. The molecule has 0 aromatic heterocycles. The third kappa shape index (κ3) is 2.57. The molecule has 1 amide bonds. The van der Waals surface area contributed by atoms with E-state index in [1.807, 2.05) is 18.2 Å². The van der Waals surface area contributed by atoms with Gasteiger partial charge in [0, 0.05) is 12.0 Å². The zero-order valence-corrected chi connectivity index (χ0v) is 11.5. The number of hydrogen-bond donors (Lipinski definition) is 3. The zero-order chi connectivity index (χ0) is 15.0. The maximum absolute atomic E-state index is 10.6. The first-order valence-corrected chi connectivity index (χ1v) is 6.69. The quantitative estimate of drug-likeness (QED) is 0.672. The summed E-state index contributed by atoms with van der Waals surface area (Å²) >= 11 is 0. The van der Waals surface area contributed by atoms with Crippen LogP contribution in [0.3, 0.4) is 0 Å². The molecule has 0 radical (unpaired) electrons. The molecule has 21 heavy (non-hydrogen) atoms. The summed E-state index contributed by atoms with van der Waals surface area (Å²) in [7, 11) is -0.670. The van der Waals surface area contributed by atoms with E-state index in [4.69, 9.17) is 19.2 Å². The lowest BCUT2D eigenvalue weighted by Gasteiger charge is -2.27. The maximum atomic E-state index is 10.6. The van der Waals surface area contributed by atoms with Gasteiger partial charge in [0.05, 0.1) is 12.7 Å². The van der Waals surface area contributed by atoms with Crippen molar-refractivity contribution in [2.24, 2.45) is 0 Å². The first kappa shape index (κ1) is 14.2. The molecule has 2 atom stereocenters. The number of benzene rings is 1. The minimum absolute atomic E-state index is 0.126. The van der Waals surface area contributed by atoms with Gasteiger partial charge < -0.3 is 29.6 Å². The van der Waals surface area contributed by atoms with Crippen molar-refractivity contribution in [3.05, 3.63) is 23.8 Å². The summed E-state index contributed by atoms with van der Waals surface area (Å²) < 4.78 is 17.4. The van der Waals surface area contributed by atoms with Crippen LogP contribution in [-0.2, 0) is 9.31 Å². The van der Waals surface area contributed by atoms with Crippen molar-refractivity contribution in [1.82, 2.24) is 5.32 Å². The van der Waals surface area contributed by atoms with E-state index in [1.54, 1.807) is 6.92 Å². The van der Waals surface area contributed by atoms with Crippen LogP contribution in [0.2, 0.25) is 0 Å². The van der Waals surface area contributed by atoms with Crippen molar-refractivity contribution in [3.63, 3.8) is 0 Å². The first-order chi connectivity index (χ1) is 10.0. The number of nitrogens with one attached hydrogen (secondary N) is 1. The third-order valence-electron chi connectivity index (χ3n) is 3.67. The van der Waals surface area contributed by atoms with Gasteiger partial charge in [-0.3, -0.25) is 0 Å². The third-order valence-corrected chi connectivity index (χ3v) is 3.67. The lowest BCUT2D eigenvalue weighted by molar-refractivity contribution is -0.0268. The molecular weight excluding hydrogens is 277 g/mol. The van der Waals surface area contributed by atoms with Crippen molar-refractivity contribution in [2.45, 2.75) is 18.6 Å². The van der Waals surface area contributed by atoms with Gasteiger partial charge in [0.25, 0.3) is 0 Å². The van der Waals surface area contributed by atoms with Crippen LogP contribution in [0.15, 0.2) is 18.2 Å². The molecule has 0 aliphatic carbocycles. The van der Waals surface area contributed by atoms with Crippen LogP contribution < -0.4 is 15.5 Å². The van der Waals surface area contributed by atoms with Crippen LogP contribution in [0.1, 0.15) is 18.6 Å². The summed E-state index contributed by atoms with van der Waals surface area (Å²) in [5.74, 6) is 0.646. The predicted molar refractivity (Wildman–Crippen MR) is 73.8 cm³/mol. The lowest BCUT2D eigenvalue weighted by atomic mass is 9.77. The smallest absolute Gasteiger partial charge is 0.491 e. The normalized spacial score (nSPS) is 26.8. The molecule has 8 heteroatoms. The highest BCUT2D eigenvalue weighted by molar-refractivity contribution is 6.64. The zero-order valence-electron chi connectivity index (χ0n) is 11.5. The van der Waals surface area contributed by atoms with Gasteiger partial charge in [0.15, 0.2) is 0 Å². The highest BCUT2D eigenvalue weighted by Crippen LogP contribution is 2.32. The van der Waals surface area contributed by atoms with Gasteiger partial charge in [-0.05, 0) is 18.6 Å². The molecule has 112 valence electrons. The van der Waals surface area contributed by atoms with Gasteiger partial charge in [0.2, 0.25) is 0 Å². The van der Waals surface area contributed by atoms with Crippen LogP contribution in [0.5, 0.6) is 5.75 Å². The van der Waals surface area contributed by atoms with Gasteiger partial charge in [-0.1, -0.05) is 12.1 Å². The summed E-state index contributed by atoms with van der Waals surface area (Å²) in [6, 6.07) is 5.51. The topological polar surface area (TPSA) is 97.2 Å². The Hall–Kier alpha value is -1.77. The van der Waals surface area contributed by atoms with Gasteiger partial charge in [-0.15, -0.1) is 0 Å². The Kier molecular flexibility index (Phi) is 3.52. The summed E-state index contributed by atoms with van der Waals surface area (Å²) in [5.41, 5.74) is 0.746. The van der Waals surface area contributed by atoms with Crippen LogP contribution in [0.4, 0.5) is 4.79 Å². The van der Waals surface area contributed by atoms with E-state index in [1.165, 1.54) is 0 Å². The predicted octanol–water partition coefficient (Wildman–Crippen LogP) is -0.119. The Morgan fingerprint density at radius 1 is 1.57 bits per heavy atom. The van der Waals surface area contributed by atoms with Gasteiger partial charge in [-0.2, -0.15) is 0 Å². The number of amides is 1. The Labute approximate surface area is 122 Å². The van der Waals surface area contributed by atoms with Crippen molar-refractivity contribution >= 4 is 18.7 Å². The number of aliphatic hydroxyl groups excluding tert-OH is 1. The number of carboxylic acid groups (broad SMARTS) is 1. The second kappa shape index (κ2) is 5.21. The molecule has 2 aliphatic heterocycles. The van der Waals surface area contributed by atoms with E-state index in [0.29, 0.717) is 5.75 Å². The SMILES string of the molecule is CC1(CO)COc2cccc3c2B(OC3CNC(=O)O)O1. The molecule has 0 fully saturated rings. The number of carbonyl (C=O) groups is 1. The second-order valence-corrected chi connectivity index (χ2v) is 5.42. The van der Waals surface area contributed by atoms with E-state index in [-0.39, 0.29) is 19.8 Å². The molecule has 3 N–H and O–H groups in total. The van der Waals surface area contributed by atoms with E-state index in [9.17, 15) is 9.90 Å². The molecule has 0 saturated heterocycles. The fraction of sp³-hybridized carbons (Fsp3) is 0.462. The van der Waals surface area contributed by atoms with Gasteiger partial charge >= 0.3 is 13.2 Å². The molecule has 3 rings (SSSR count). The number of aliphatic hydroxyl groups is 1. The largest absolute Gasteiger partial charge is 0.499 e. The minimum Gasteiger partial charge on any atom is -0.491 e. The van der Waals surface area contributed by atoms with E-state index in [2.05, 4.69) is 5.32 Å². The van der Waals surface area contributed by atoms with Crippen molar-refractivity contribution in [3.8, 4) is 5.75 Å². The molecule has 0 spiro atoms. The Morgan fingerprint density at radius 2 is 2.38 bits per heavy atom. The molecular formula is C13H16BNO6. The van der Waals surface area contributed by atoms with Crippen LogP contribution in [-0.4, -0.2) is 48.8 Å². The average molecular weight is 293 g/mol. The van der Waals surface area contributed by atoms with Gasteiger partial charge in [-0.25, -0.2) is 4.79 Å². The molecule has 2 aliphatic rings. The van der Waals surface area contributed by atoms with Crippen molar-refractivity contribution in [1.29, 1.82) is 0 Å². The Bertz CT molecular complexity index is 568. The molecule has 0 saturated carbocycles. The molecule has 0 bridgehead atoms. The Morgan fingerprint density at radius 3 is 3.10 bits per heavy atom. The lowest BCUT2D eigenvalue weighted by Crippen LogP contribution is -2.45. The summed E-state index contributed by atoms with van der Waals surface area (Å²) in [6.07, 6.45) is -1.55. The fourth-order valence-electron chi connectivity index (χ4n) is 2.54. The van der Waals surface area contributed by atoms with E-state index in [0.717, 1.165) is 11.0 Å². The molecule has 7 nitrogen and oxygen atoms in total. The Balaban J connectivity index is 1.91. The number of hydrogen-bond acceptors (Lipinski definition) is 5. The fourth-order valence-corrected chi connectivity index (χ4v) is 2.54. The van der Waals surface area contributed by atoms with Crippen LogP contribution in [0.25, 0.3) is 0 Å². The van der Waals surface area contributed by atoms with Crippen molar-refractivity contribution in [2.75, 3.05) is 19.8 Å². The maximum Gasteiger partial charge on any atom is 0.499 e. The van der Waals surface area contributed by atoms with Crippen molar-refractivity contribution < 1.29 is 29.1 Å². The highest BCUT2D eigenvalue weighted by atomic mass is 16.6. The monoisotopic (exact) mass is 293 g/mol. The summed E-state index contributed by atoms with van der Waals surface area (Å²) in [5, 5.41) is 20.5. The number of ether oxygens (including phenoxy) is 1. The first-order valence-electron chi connectivity index (χ1n) is 6.69. The average Bonchev–Trinajstić information content (AvgIpc) is 2.73. The standard InChI is InChI=1S/C13H16BNO6/c1-13(6-16)7-19-9-4-2-3-8-10(5-15-12(17)18)20-14(21-13)11(8)9/h2-4,10,15-16H,5-7H2,1H3,(H,17,18). The van der Waals surface area contributed by atoms with Crippen LogP contribution in [0, 0.1) is 0 Å². The molecule has 2 heterocycles. The minimum atomic E-state index is -1.11.